The average Bonchev–Trinajstić information content (AvgIpc) is 3.17. The molecule has 0 unspecified atom stereocenters. The lowest BCUT2D eigenvalue weighted by Crippen LogP contribution is -2.31. The Labute approximate surface area is 204 Å². The molecule has 0 aliphatic carbocycles. The van der Waals surface area contributed by atoms with Crippen LogP contribution in [0.1, 0.15) is 87.4 Å². The lowest BCUT2D eigenvalue weighted by atomic mass is 9.75. The first kappa shape index (κ1) is 24.3. The lowest BCUT2D eigenvalue weighted by molar-refractivity contribution is 0.0236. The molecule has 0 aromatic heterocycles. The summed E-state index contributed by atoms with van der Waals surface area (Å²) in [5.74, 6) is -2.14. The van der Waals surface area contributed by atoms with Crippen LogP contribution in [0.4, 0.5) is 0 Å². The van der Waals surface area contributed by atoms with Gasteiger partial charge in [0.25, 0.3) is 0 Å². The lowest BCUT2D eigenvalue weighted by Gasteiger charge is -2.33. The van der Waals surface area contributed by atoms with E-state index in [4.69, 9.17) is 4.74 Å². The van der Waals surface area contributed by atoms with Crippen LogP contribution < -0.4 is 0 Å². The predicted molar refractivity (Wildman–Crippen MR) is 132 cm³/mol. The fraction of sp³-hybridized carbons (Fsp3) is 0.310. The van der Waals surface area contributed by atoms with Gasteiger partial charge in [-0.1, -0.05) is 52.0 Å². The number of phenolic OH excluding ortho intramolecular Hbond substituents is 2. The standard InChI is InChI=1S/C29H30O6/c1-5-16-12-18(7-3)25(30)22(14-16)29(23-15-17(6-2)13-19(8-4)26(23)31)21-11-9-10-20(27(32)33)24(21)28(34)35-29/h9-15,30-31H,5-8H2,1-4H3,(H,32,33). The second kappa shape index (κ2) is 9.10. The van der Waals surface area contributed by atoms with Crippen LogP contribution in [-0.4, -0.2) is 27.3 Å². The van der Waals surface area contributed by atoms with Gasteiger partial charge in [0.15, 0.2) is 5.60 Å². The molecule has 1 aliphatic rings. The molecule has 1 heterocycles. The van der Waals surface area contributed by atoms with E-state index in [-0.39, 0.29) is 22.6 Å². The number of fused-ring (bicyclic) bond motifs is 1. The van der Waals surface area contributed by atoms with Gasteiger partial charge >= 0.3 is 11.9 Å². The molecule has 6 nitrogen and oxygen atoms in total. The van der Waals surface area contributed by atoms with E-state index in [1.54, 1.807) is 24.3 Å². The summed E-state index contributed by atoms with van der Waals surface area (Å²) in [6, 6.07) is 12.0. The van der Waals surface area contributed by atoms with E-state index in [1.807, 2.05) is 39.8 Å². The van der Waals surface area contributed by atoms with E-state index in [1.165, 1.54) is 6.07 Å². The van der Waals surface area contributed by atoms with Crippen LogP contribution >= 0.6 is 0 Å². The zero-order valence-electron chi connectivity index (χ0n) is 20.4. The van der Waals surface area contributed by atoms with E-state index in [2.05, 4.69) is 0 Å². The molecule has 0 radical (unpaired) electrons. The van der Waals surface area contributed by atoms with Crippen LogP contribution in [0.25, 0.3) is 0 Å². The largest absolute Gasteiger partial charge is 0.507 e. The number of hydrogen-bond acceptors (Lipinski definition) is 5. The molecule has 3 aromatic rings. The molecule has 0 fully saturated rings. The number of carboxylic acids is 1. The first-order chi connectivity index (χ1) is 16.7. The van der Waals surface area contributed by atoms with Gasteiger partial charge in [0.1, 0.15) is 11.5 Å². The molecule has 0 amide bonds. The quantitative estimate of drug-likeness (QED) is 0.390. The van der Waals surface area contributed by atoms with Crippen molar-refractivity contribution in [2.45, 2.75) is 59.0 Å². The number of carbonyl (C=O) groups is 2. The monoisotopic (exact) mass is 474 g/mol. The van der Waals surface area contributed by atoms with E-state index in [0.717, 1.165) is 11.1 Å². The van der Waals surface area contributed by atoms with Crippen molar-refractivity contribution < 1.29 is 29.6 Å². The Kier molecular flexibility index (Phi) is 6.32. The van der Waals surface area contributed by atoms with Gasteiger partial charge in [-0.15, -0.1) is 0 Å². The van der Waals surface area contributed by atoms with E-state index in [0.29, 0.717) is 53.5 Å². The highest BCUT2D eigenvalue weighted by Gasteiger charge is 2.53. The average molecular weight is 475 g/mol. The maximum Gasteiger partial charge on any atom is 0.341 e. The third kappa shape index (κ3) is 3.64. The smallest absolute Gasteiger partial charge is 0.341 e. The molecule has 3 aromatic carbocycles. The van der Waals surface area contributed by atoms with Gasteiger partial charge in [-0.25, -0.2) is 9.59 Å². The summed E-state index contributed by atoms with van der Waals surface area (Å²) in [5, 5.41) is 32.7. The number of aromatic carboxylic acids is 1. The van der Waals surface area contributed by atoms with E-state index in [9.17, 15) is 24.9 Å². The number of aromatic hydroxyl groups is 2. The van der Waals surface area contributed by atoms with Gasteiger partial charge in [-0.3, -0.25) is 0 Å². The highest BCUT2D eigenvalue weighted by molar-refractivity contribution is 6.06. The predicted octanol–water partition coefficient (Wildman–Crippen LogP) is 5.51. The number of carbonyl (C=O) groups excluding carboxylic acids is 1. The molecular weight excluding hydrogens is 444 g/mol. The second-order valence-electron chi connectivity index (χ2n) is 8.82. The maximum atomic E-state index is 13.3. The molecule has 0 bridgehead atoms. The summed E-state index contributed by atoms with van der Waals surface area (Å²) < 4.78 is 6.12. The Morgan fingerprint density at radius 3 is 1.74 bits per heavy atom. The fourth-order valence-electron chi connectivity index (χ4n) is 5.04. The first-order valence-corrected chi connectivity index (χ1v) is 12.0. The van der Waals surface area contributed by atoms with Crippen molar-refractivity contribution in [3.63, 3.8) is 0 Å². The minimum atomic E-state index is -1.71. The van der Waals surface area contributed by atoms with Crippen molar-refractivity contribution in [2.24, 2.45) is 0 Å². The Bertz CT molecular complexity index is 1280. The topological polar surface area (TPSA) is 104 Å². The minimum absolute atomic E-state index is 0.0366. The summed E-state index contributed by atoms with van der Waals surface area (Å²) in [6.07, 6.45) is 2.43. The van der Waals surface area contributed by atoms with Gasteiger partial charge < -0.3 is 20.1 Å². The van der Waals surface area contributed by atoms with Crippen LogP contribution in [-0.2, 0) is 36.0 Å². The molecule has 0 atom stereocenters. The van der Waals surface area contributed by atoms with Crippen molar-refractivity contribution in [3.8, 4) is 11.5 Å². The number of rotatable bonds is 7. The molecule has 35 heavy (non-hydrogen) atoms. The molecule has 182 valence electrons. The van der Waals surface area contributed by atoms with Crippen molar-refractivity contribution in [1.29, 1.82) is 0 Å². The molecule has 0 saturated carbocycles. The van der Waals surface area contributed by atoms with Crippen molar-refractivity contribution in [2.75, 3.05) is 0 Å². The third-order valence-electron chi connectivity index (χ3n) is 6.96. The zero-order valence-corrected chi connectivity index (χ0v) is 20.4. The van der Waals surface area contributed by atoms with Gasteiger partial charge in [-0.05, 0) is 66.1 Å². The van der Waals surface area contributed by atoms with Gasteiger partial charge in [0, 0.05) is 16.7 Å². The molecule has 3 N–H and O–H groups in total. The number of ether oxygens (including phenoxy) is 1. The molecular formula is C29H30O6. The SMILES string of the molecule is CCc1cc(CC)c(O)c(C2(c3cc(CC)cc(CC)c3O)OC(=O)c3c(C(=O)O)cccc32)c1. The van der Waals surface area contributed by atoms with Crippen LogP contribution in [0, 0.1) is 0 Å². The summed E-state index contributed by atoms with van der Waals surface area (Å²) in [4.78, 5) is 25.4. The Balaban J connectivity index is 2.23. The minimum Gasteiger partial charge on any atom is -0.507 e. The van der Waals surface area contributed by atoms with Crippen LogP contribution in [0.3, 0.4) is 0 Å². The van der Waals surface area contributed by atoms with Crippen molar-refractivity contribution in [3.05, 3.63) is 92.5 Å². The molecule has 4 rings (SSSR count). The Morgan fingerprint density at radius 1 is 0.800 bits per heavy atom. The molecule has 0 spiro atoms. The number of aryl methyl sites for hydroxylation is 4. The Hall–Kier alpha value is -3.80. The first-order valence-electron chi connectivity index (χ1n) is 12.0. The van der Waals surface area contributed by atoms with E-state index >= 15 is 0 Å². The third-order valence-corrected chi connectivity index (χ3v) is 6.96. The molecule has 1 aliphatic heterocycles. The van der Waals surface area contributed by atoms with Gasteiger partial charge in [0.2, 0.25) is 0 Å². The normalized spacial score (nSPS) is 14.0. The molecule has 0 saturated heterocycles. The number of cyclic esters (lactones) is 1. The van der Waals surface area contributed by atoms with Crippen molar-refractivity contribution >= 4 is 11.9 Å². The summed E-state index contributed by atoms with van der Waals surface area (Å²) in [6.45, 7) is 7.83. The van der Waals surface area contributed by atoms with E-state index < -0.39 is 17.5 Å². The highest BCUT2D eigenvalue weighted by atomic mass is 16.6. The fourth-order valence-corrected chi connectivity index (χ4v) is 5.04. The summed E-state index contributed by atoms with van der Waals surface area (Å²) >= 11 is 0. The maximum absolute atomic E-state index is 13.3. The zero-order chi connectivity index (χ0) is 25.5. The number of carboxylic acid groups (broad SMARTS) is 1. The number of hydrogen-bond donors (Lipinski definition) is 3. The second-order valence-corrected chi connectivity index (χ2v) is 8.82. The number of benzene rings is 3. The molecule has 6 heteroatoms. The highest BCUT2D eigenvalue weighted by Crippen LogP contribution is 2.54. The van der Waals surface area contributed by atoms with Crippen molar-refractivity contribution in [1.82, 2.24) is 0 Å². The van der Waals surface area contributed by atoms with Crippen LogP contribution in [0.2, 0.25) is 0 Å². The van der Waals surface area contributed by atoms with Crippen LogP contribution in [0.5, 0.6) is 11.5 Å². The number of esters is 1. The number of phenols is 2. The summed E-state index contributed by atoms with van der Waals surface area (Å²) in [5.41, 5.74) is 2.16. The van der Waals surface area contributed by atoms with Gasteiger partial charge in [0.05, 0.1) is 11.1 Å². The van der Waals surface area contributed by atoms with Crippen LogP contribution in [0.15, 0.2) is 42.5 Å². The Morgan fingerprint density at radius 2 is 1.31 bits per heavy atom. The van der Waals surface area contributed by atoms with Gasteiger partial charge in [-0.2, -0.15) is 0 Å². The summed E-state index contributed by atoms with van der Waals surface area (Å²) in [7, 11) is 0.